The molecule has 0 spiro atoms. The molecule has 2 fully saturated rings. The highest BCUT2D eigenvalue weighted by molar-refractivity contribution is 5.94. The van der Waals surface area contributed by atoms with Crippen molar-refractivity contribution in [1.82, 2.24) is 9.88 Å². The summed E-state index contributed by atoms with van der Waals surface area (Å²) < 4.78 is 5.87. The van der Waals surface area contributed by atoms with Gasteiger partial charge in [0.15, 0.2) is 0 Å². The first-order chi connectivity index (χ1) is 14.2. The van der Waals surface area contributed by atoms with E-state index in [1.54, 1.807) is 6.20 Å². The lowest BCUT2D eigenvalue weighted by Gasteiger charge is -2.31. The van der Waals surface area contributed by atoms with Gasteiger partial charge in [0.1, 0.15) is 5.82 Å². The van der Waals surface area contributed by atoms with Gasteiger partial charge in [-0.1, -0.05) is 37.3 Å². The van der Waals surface area contributed by atoms with Crippen molar-refractivity contribution < 1.29 is 9.53 Å². The number of nitrogens with zero attached hydrogens (tertiary/aromatic N) is 3. The van der Waals surface area contributed by atoms with E-state index < -0.39 is 0 Å². The summed E-state index contributed by atoms with van der Waals surface area (Å²) in [6.45, 7) is 7.30. The van der Waals surface area contributed by atoms with Gasteiger partial charge < -0.3 is 14.5 Å². The number of carbonyl (C=O) groups is 1. The van der Waals surface area contributed by atoms with E-state index >= 15 is 0 Å². The van der Waals surface area contributed by atoms with Crippen LogP contribution in [0.25, 0.3) is 0 Å². The number of benzene rings is 1. The summed E-state index contributed by atoms with van der Waals surface area (Å²) in [5.74, 6) is 2.28. The Morgan fingerprint density at radius 3 is 2.59 bits per heavy atom. The van der Waals surface area contributed by atoms with E-state index in [0.29, 0.717) is 24.7 Å². The monoisotopic (exact) mass is 393 g/mol. The number of hydrogen-bond donors (Lipinski definition) is 0. The quantitative estimate of drug-likeness (QED) is 0.744. The Balaban J connectivity index is 1.25. The van der Waals surface area contributed by atoms with Gasteiger partial charge in [-0.2, -0.15) is 0 Å². The molecule has 0 radical (unpaired) electrons. The lowest BCUT2D eigenvalue weighted by atomic mass is 9.99. The first-order valence-corrected chi connectivity index (χ1v) is 10.8. The number of hydrogen-bond acceptors (Lipinski definition) is 4. The van der Waals surface area contributed by atoms with E-state index in [-0.39, 0.29) is 5.91 Å². The molecule has 5 heteroatoms. The van der Waals surface area contributed by atoms with Gasteiger partial charge in [0.05, 0.1) is 18.8 Å². The number of anilines is 1. The number of rotatable bonds is 6. The highest BCUT2D eigenvalue weighted by Gasteiger charge is 2.27. The predicted octanol–water partition coefficient (Wildman–Crippen LogP) is 4.00. The Morgan fingerprint density at radius 2 is 1.86 bits per heavy atom. The highest BCUT2D eigenvalue weighted by atomic mass is 16.5. The number of ether oxygens (including phenoxy) is 1. The molecule has 2 aromatic rings. The normalized spacial score (nSPS) is 20.2. The second-order valence-corrected chi connectivity index (χ2v) is 8.48. The van der Waals surface area contributed by atoms with Gasteiger partial charge in [-0.15, -0.1) is 0 Å². The molecule has 0 aliphatic carbocycles. The molecule has 1 unspecified atom stereocenters. The number of aromatic nitrogens is 1. The summed E-state index contributed by atoms with van der Waals surface area (Å²) >= 11 is 0. The van der Waals surface area contributed by atoms with Crippen LogP contribution in [-0.2, 0) is 11.3 Å². The molecule has 1 amide bonds. The molecule has 4 rings (SSSR count). The van der Waals surface area contributed by atoms with Crippen molar-refractivity contribution in [2.75, 3.05) is 37.7 Å². The molecule has 0 bridgehead atoms. The lowest BCUT2D eigenvalue weighted by molar-refractivity contribution is 0.0733. The topological polar surface area (TPSA) is 45.7 Å². The maximum atomic E-state index is 12.8. The predicted molar refractivity (Wildman–Crippen MR) is 115 cm³/mol. The van der Waals surface area contributed by atoms with Gasteiger partial charge in [0, 0.05) is 38.3 Å². The van der Waals surface area contributed by atoms with Crippen LogP contribution < -0.4 is 4.90 Å². The van der Waals surface area contributed by atoms with E-state index in [1.807, 2.05) is 35.2 Å². The second kappa shape index (κ2) is 9.40. The molecule has 5 nitrogen and oxygen atoms in total. The molecular formula is C24H31N3O2. The van der Waals surface area contributed by atoms with E-state index in [1.165, 1.54) is 18.4 Å². The molecule has 2 aliphatic heterocycles. The molecule has 0 N–H and O–H groups in total. The first-order valence-electron chi connectivity index (χ1n) is 10.8. The number of carbonyl (C=O) groups excluding carboxylic acids is 1. The number of piperidine rings is 1. The van der Waals surface area contributed by atoms with Crippen molar-refractivity contribution in [3.05, 3.63) is 59.8 Å². The summed E-state index contributed by atoms with van der Waals surface area (Å²) in [4.78, 5) is 21.7. The largest absolute Gasteiger partial charge is 0.376 e. The average Bonchev–Trinajstić information content (AvgIpc) is 3.24. The number of pyridine rings is 1. The molecule has 1 atom stereocenters. The van der Waals surface area contributed by atoms with Gasteiger partial charge in [0.2, 0.25) is 0 Å². The molecule has 0 saturated carbocycles. The molecule has 1 aromatic heterocycles. The molecular weight excluding hydrogens is 362 g/mol. The second-order valence-electron chi connectivity index (χ2n) is 8.48. The van der Waals surface area contributed by atoms with E-state index in [2.05, 4.69) is 28.9 Å². The van der Waals surface area contributed by atoms with Crippen LogP contribution in [0.4, 0.5) is 5.82 Å². The van der Waals surface area contributed by atoms with Gasteiger partial charge in [-0.3, -0.25) is 4.79 Å². The first kappa shape index (κ1) is 19.9. The van der Waals surface area contributed by atoms with E-state index in [4.69, 9.17) is 4.74 Å². The number of amides is 1. The van der Waals surface area contributed by atoms with Crippen LogP contribution >= 0.6 is 0 Å². The Hall–Kier alpha value is -2.40. The zero-order chi connectivity index (χ0) is 20.1. The zero-order valence-corrected chi connectivity index (χ0v) is 17.3. The van der Waals surface area contributed by atoms with Gasteiger partial charge >= 0.3 is 0 Å². The summed E-state index contributed by atoms with van der Waals surface area (Å²) in [7, 11) is 0. The van der Waals surface area contributed by atoms with Gasteiger partial charge in [-0.25, -0.2) is 4.98 Å². The van der Waals surface area contributed by atoms with Crippen molar-refractivity contribution in [2.24, 2.45) is 11.8 Å². The van der Waals surface area contributed by atoms with Crippen LogP contribution in [0.2, 0.25) is 0 Å². The van der Waals surface area contributed by atoms with E-state index in [0.717, 1.165) is 44.3 Å². The van der Waals surface area contributed by atoms with Crippen LogP contribution in [0.1, 0.15) is 42.1 Å². The molecule has 1 aromatic carbocycles. The smallest absolute Gasteiger partial charge is 0.255 e. The average molecular weight is 394 g/mol. The van der Waals surface area contributed by atoms with Crippen molar-refractivity contribution in [1.29, 1.82) is 0 Å². The summed E-state index contributed by atoms with van der Waals surface area (Å²) in [6, 6.07) is 14.1. The van der Waals surface area contributed by atoms with Gasteiger partial charge in [-0.05, 0) is 42.9 Å². The molecule has 154 valence electrons. The lowest BCUT2D eigenvalue weighted by Crippen LogP contribution is -2.33. The van der Waals surface area contributed by atoms with Crippen molar-refractivity contribution in [2.45, 2.75) is 32.8 Å². The molecule has 2 saturated heterocycles. The van der Waals surface area contributed by atoms with E-state index in [9.17, 15) is 4.79 Å². The van der Waals surface area contributed by atoms with Crippen molar-refractivity contribution >= 4 is 11.7 Å². The number of likely N-dealkylation sites (tertiary alicyclic amines) is 1. The van der Waals surface area contributed by atoms with Crippen molar-refractivity contribution in [3.63, 3.8) is 0 Å². The Kier molecular flexibility index (Phi) is 6.45. The van der Waals surface area contributed by atoms with Crippen molar-refractivity contribution in [3.8, 4) is 0 Å². The van der Waals surface area contributed by atoms with Crippen LogP contribution in [-0.4, -0.2) is 48.6 Å². The highest BCUT2D eigenvalue weighted by Crippen LogP contribution is 2.23. The third kappa shape index (κ3) is 5.15. The fourth-order valence-electron chi connectivity index (χ4n) is 4.19. The van der Waals surface area contributed by atoms with Crippen LogP contribution in [0, 0.1) is 11.8 Å². The molecule has 29 heavy (non-hydrogen) atoms. The van der Waals surface area contributed by atoms with Gasteiger partial charge in [0.25, 0.3) is 5.91 Å². The fourth-order valence-corrected chi connectivity index (χ4v) is 4.19. The standard InChI is InChI=1S/C24H31N3O2/c1-19-9-12-26(13-10-19)23-8-7-22(15-25-23)24(28)27-14-11-21(16-27)18-29-17-20-5-3-2-4-6-20/h2-8,15,19,21H,9-14,16-18H2,1H3. The van der Waals surface area contributed by atoms with Crippen LogP contribution in [0.3, 0.4) is 0 Å². The maximum absolute atomic E-state index is 12.8. The molecule has 2 aliphatic rings. The summed E-state index contributed by atoms with van der Waals surface area (Å²) in [5, 5.41) is 0. The van der Waals surface area contributed by atoms with Crippen LogP contribution in [0.5, 0.6) is 0 Å². The minimum absolute atomic E-state index is 0.0851. The third-order valence-corrected chi connectivity index (χ3v) is 6.14. The Labute approximate surface area is 173 Å². The maximum Gasteiger partial charge on any atom is 0.255 e. The SMILES string of the molecule is CC1CCN(c2ccc(C(=O)N3CCC(COCc4ccccc4)C3)cn2)CC1. The molecule has 3 heterocycles. The third-order valence-electron chi connectivity index (χ3n) is 6.14. The van der Waals surface area contributed by atoms with Crippen LogP contribution in [0.15, 0.2) is 48.7 Å². The Bertz CT molecular complexity index is 786. The zero-order valence-electron chi connectivity index (χ0n) is 17.3. The minimum atomic E-state index is 0.0851. The summed E-state index contributed by atoms with van der Waals surface area (Å²) in [6.07, 6.45) is 5.17. The fraction of sp³-hybridized carbons (Fsp3) is 0.500. The summed E-state index contributed by atoms with van der Waals surface area (Å²) in [5.41, 5.74) is 1.87. The Morgan fingerprint density at radius 1 is 1.07 bits per heavy atom. The minimum Gasteiger partial charge on any atom is -0.376 e.